The SMILES string of the molecule is CC(C)CC(C(=O)O)n1cc(CCN2CC[C@@H](F)C2)cc(F)c1=O.CCOC(=O)C[C@H](N)c1cc(-c2c(C)cccc2C)cc(C)c1F.CCOC(=O)C[C@H](NC(=O)C(CC(C)C)n1cc(CCN2CC[C@@H](F)C2)cc(F)c1=O)c1cc(-c2c(C)cccc2C)cc(C)c1F. The molecule has 0 bridgehead atoms. The molecule has 2 aromatic heterocycles. The van der Waals surface area contributed by atoms with Crippen molar-refractivity contribution in [3.05, 3.63) is 185 Å². The van der Waals surface area contributed by atoms with E-state index in [4.69, 9.17) is 15.2 Å². The van der Waals surface area contributed by atoms with Gasteiger partial charge in [0.25, 0.3) is 11.1 Å². The highest BCUT2D eigenvalue weighted by molar-refractivity contribution is 5.82. The fourth-order valence-electron chi connectivity index (χ4n) is 12.5. The number of pyridine rings is 2. The summed E-state index contributed by atoms with van der Waals surface area (Å²) in [7, 11) is 0. The van der Waals surface area contributed by atoms with Crippen LogP contribution < -0.4 is 22.2 Å². The molecular weight excluding hydrogens is 1230 g/mol. The van der Waals surface area contributed by atoms with Crippen LogP contribution in [0.5, 0.6) is 0 Å². The Hall–Kier alpha value is -7.88. The van der Waals surface area contributed by atoms with Gasteiger partial charge in [0.1, 0.15) is 36.1 Å². The second kappa shape index (κ2) is 35.2. The maximum absolute atomic E-state index is 15.9. The van der Waals surface area contributed by atoms with Gasteiger partial charge in [-0.25, -0.2) is 31.1 Å². The molecule has 0 aliphatic carbocycles. The van der Waals surface area contributed by atoms with E-state index in [1.807, 2.05) is 108 Å². The number of amides is 1. The second-order valence-electron chi connectivity index (χ2n) is 25.9. The van der Waals surface area contributed by atoms with Crippen LogP contribution in [0, 0.1) is 76.6 Å². The number of nitrogens with two attached hydrogens (primary N) is 1. The Morgan fingerprint density at radius 1 is 0.589 bits per heavy atom. The number of nitrogens with one attached hydrogen (secondary N) is 1. The van der Waals surface area contributed by atoms with Gasteiger partial charge in [-0.05, 0) is 209 Å². The molecule has 8 rings (SSSR count). The number of esters is 2. The number of rotatable bonds is 25. The summed E-state index contributed by atoms with van der Waals surface area (Å²) in [5.74, 6) is -5.76. The van der Waals surface area contributed by atoms with Crippen LogP contribution in [-0.2, 0) is 41.5 Å². The van der Waals surface area contributed by atoms with Crippen LogP contribution in [-0.4, -0.2) is 113 Å². The summed E-state index contributed by atoms with van der Waals surface area (Å²) in [4.78, 5) is 79.1. The topological polar surface area (TPSA) is 196 Å². The number of hydrogen-bond acceptors (Lipinski definition) is 11. The summed E-state index contributed by atoms with van der Waals surface area (Å²) < 4.78 is 98.6. The predicted octanol–water partition coefficient (Wildman–Crippen LogP) is 13.3. The van der Waals surface area contributed by atoms with Crippen molar-refractivity contribution in [3.63, 3.8) is 0 Å². The number of hydrogen-bond donors (Lipinski definition) is 3. The van der Waals surface area contributed by atoms with Crippen molar-refractivity contribution in [2.45, 2.75) is 171 Å². The van der Waals surface area contributed by atoms with Crippen LogP contribution >= 0.6 is 0 Å². The zero-order valence-electron chi connectivity index (χ0n) is 56.9. The van der Waals surface area contributed by atoms with E-state index in [1.165, 1.54) is 12.4 Å². The molecule has 6 atom stereocenters. The number of carboxylic acid groups (broad SMARTS) is 1. The molecule has 2 fully saturated rings. The molecule has 4 N–H and O–H groups in total. The Balaban J connectivity index is 0.000000249. The molecule has 2 saturated heterocycles. The third kappa shape index (κ3) is 21.1. The van der Waals surface area contributed by atoms with Crippen molar-refractivity contribution in [3.8, 4) is 22.3 Å². The van der Waals surface area contributed by atoms with E-state index in [9.17, 15) is 51.4 Å². The lowest BCUT2D eigenvalue weighted by atomic mass is 9.90. The minimum Gasteiger partial charge on any atom is -0.480 e. The van der Waals surface area contributed by atoms with Crippen LogP contribution in [0.15, 0.2) is 94.8 Å². The van der Waals surface area contributed by atoms with Crippen LogP contribution in [0.1, 0.15) is 160 Å². The van der Waals surface area contributed by atoms with Crippen LogP contribution in [0.25, 0.3) is 22.3 Å². The number of aryl methyl sites for hydroxylation is 6. The maximum atomic E-state index is 15.9. The first-order valence-electron chi connectivity index (χ1n) is 32.8. The van der Waals surface area contributed by atoms with Gasteiger partial charge < -0.3 is 40.0 Å². The van der Waals surface area contributed by atoms with Gasteiger partial charge in [0.15, 0.2) is 11.6 Å². The molecule has 95 heavy (non-hydrogen) atoms. The molecule has 0 radical (unpaired) electrons. The largest absolute Gasteiger partial charge is 0.480 e. The zero-order chi connectivity index (χ0) is 70.1. The number of aliphatic carboxylic acids is 1. The van der Waals surface area contributed by atoms with Gasteiger partial charge in [-0.1, -0.05) is 64.1 Å². The van der Waals surface area contributed by atoms with E-state index < -0.39 is 88.9 Å². The van der Waals surface area contributed by atoms with Gasteiger partial charge in [-0.15, -0.1) is 0 Å². The monoisotopic (exact) mass is 1320 g/mol. The van der Waals surface area contributed by atoms with Crippen molar-refractivity contribution < 1.29 is 60.1 Å². The number of alkyl halides is 2. The molecule has 15 nitrogen and oxygen atoms in total. The van der Waals surface area contributed by atoms with Crippen molar-refractivity contribution in [2.24, 2.45) is 17.6 Å². The fourth-order valence-corrected chi connectivity index (χ4v) is 12.5. The van der Waals surface area contributed by atoms with Gasteiger partial charge in [0.05, 0.1) is 32.1 Å². The average molecular weight is 1330 g/mol. The van der Waals surface area contributed by atoms with E-state index in [-0.39, 0.29) is 62.1 Å². The highest BCUT2D eigenvalue weighted by atomic mass is 19.2. The van der Waals surface area contributed by atoms with Crippen LogP contribution in [0.2, 0.25) is 0 Å². The smallest absolute Gasteiger partial charge is 0.326 e. The number of likely N-dealkylation sites (tertiary alicyclic amines) is 2. The van der Waals surface area contributed by atoms with Gasteiger partial charge in [-0.3, -0.25) is 28.5 Å². The standard InChI is InChI=1S/C37H46F3N3O4.C20H24FNO2.C17H24F2N2O3/c1-7-47-33(44)19-31(29-18-27(16-25(6)35(29)40)34-23(4)9-8-10-24(34)5)41-36(45)32(15-22(2)3)43-20-26(17-30(39)37(43)46)11-13-42-14-12-28(38)21-42;1-5-24-18(23)11-17(22)16-10-15(9-14(4)20(16)21)19-12(2)7-6-8-13(19)3;1-11(2)7-15(17(23)24)21-9-12(8-14(19)16(21)22)3-5-20-6-4-13(18)10-20/h8-10,16-18,20,22,28,31-32H,7,11-15,19,21H2,1-6H3,(H,41,45);6-10,17H,5,11,22H2,1-4H3;8-9,11,13,15H,3-7,10H2,1-2H3,(H,23,24)/t28-,31+,32?;17-;13-,15?/m101/s1. The minimum absolute atomic E-state index is 0.0413. The molecule has 516 valence electrons. The number of carbonyl (C=O) groups excluding carboxylic acids is 3. The molecule has 6 aromatic rings. The lowest BCUT2D eigenvalue weighted by molar-refractivity contribution is -0.144. The second-order valence-corrected chi connectivity index (χ2v) is 25.9. The fraction of sp³-hybridized carbons (Fsp3) is 0.486. The van der Waals surface area contributed by atoms with Crippen molar-refractivity contribution in [1.82, 2.24) is 24.3 Å². The first-order chi connectivity index (χ1) is 44.9. The molecule has 0 spiro atoms. The van der Waals surface area contributed by atoms with E-state index in [1.54, 1.807) is 45.9 Å². The molecule has 4 aromatic carbocycles. The Labute approximate surface area is 554 Å². The Morgan fingerprint density at radius 2 is 0.989 bits per heavy atom. The number of aromatic nitrogens is 2. The number of ether oxygens (including phenoxy) is 2. The summed E-state index contributed by atoms with van der Waals surface area (Å²) in [6.45, 7) is 25.5. The summed E-state index contributed by atoms with van der Waals surface area (Å²) in [5.41, 5.74) is 14.4. The van der Waals surface area contributed by atoms with Gasteiger partial charge >= 0.3 is 17.9 Å². The normalized spacial score (nSPS) is 16.1. The number of benzene rings is 4. The molecule has 21 heteroatoms. The van der Waals surface area contributed by atoms with Crippen LogP contribution in [0.3, 0.4) is 0 Å². The zero-order valence-corrected chi connectivity index (χ0v) is 56.9. The van der Waals surface area contributed by atoms with Gasteiger partial charge in [0.2, 0.25) is 5.91 Å². The van der Waals surface area contributed by atoms with Crippen molar-refractivity contribution in [2.75, 3.05) is 52.5 Å². The highest BCUT2D eigenvalue weighted by Crippen LogP contribution is 2.36. The number of carboxylic acids is 1. The third-order valence-corrected chi connectivity index (χ3v) is 17.2. The molecule has 1 amide bonds. The maximum Gasteiger partial charge on any atom is 0.326 e. The quantitative estimate of drug-likeness (QED) is 0.0363. The third-order valence-electron chi connectivity index (χ3n) is 17.2. The molecule has 2 unspecified atom stereocenters. The summed E-state index contributed by atoms with van der Waals surface area (Å²) >= 11 is 0. The van der Waals surface area contributed by atoms with Gasteiger partial charge in [-0.2, -0.15) is 0 Å². The lowest BCUT2D eigenvalue weighted by Gasteiger charge is -2.27. The molecular formula is C74H94F6N6O9. The minimum atomic E-state index is -1.15. The number of carbonyl (C=O) groups is 4. The molecule has 2 aliphatic rings. The van der Waals surface area contributed by atoms with E-state index in [0.717, 1.165) is 65.8 Å². The van der Waals surface area contributed by atoms with Crippen molar-refractivity contribution in [1.29, 1.82) is 0 Å². The first-order valence-corrected chi connectivity index (χ1v) is 32.8. The lowest BCUT2D eigenvalue weighted by Crippen LogP contribution is -2.41. The van der Waals surface area contributed by atoms with E-state index >= 15 is 8.78 Å². The number of nitrogens with zero attached hydrogens (tertiary/aromatic N) is 4. The van der Waals surface area contributed by atoms with E-state index in [2.05, 4.69) is 5.32 Å². The Kier molecular flexibility index (Phi) is 28.2. The molecule has 0 saturated carbocycles. The summed E-state index contributed by atoms with van der Waals surface area (Å²) in [6, 6.07) is 17.1. The Bertz CT molecular complexity index is 3740. The molecule has 2 aliphatic heterocycles. The predicted molar refractivity (Wildman–Crippen MR) is 358 cm³/mol. The van der Waals surface area contributed by atoms with Gasteiger partial charge in [0, 0.05) is 68.8 Å². The highest BCUT2D eigenvalue weighted by Gasteiger charge is 2.32. The first kappa shape index (κ1) is 76.1. The summed E-state index contributed by atoms with van der Waals surface area (Å²) in [5, 5.41) is 12.2. The molecule has 4 heterocycles. The van der Waals surface area contributed by atoms with Crippen molar-refractivity contribution >= 4 is 23.8 Å². The average Bonchev–Trinajstić information content (AvgIpc) is 1.27. The Morgan fingerprint density at radius 3 is 1.39 bits per heavy atom. The van der Waals surface area contributed by atoms with E-state index in [0.29, 0.717) is 92.8 Å². The number of halogens is 6. The summed E-state index contributed by atoms with van der Waals surface area (Å²) in [6.07, 6.45) is 2.98. The van der Waals surface area contributed by atoms with Crippen LogP contribution in [0.4, 0.5) is 26.3 Å².